The number of nitrogens with zero attached hydrogens (tertiary/aromatic N) is 2. The highest BCUT2D eigenvalue weighted by Crippen LogP contribution is 2.48. The van der Waals surface area contributed by atoms with E-state index in [-0.39, 0.29) is 0 Å². The summed E-state index contributed by atoms with van der Waals surface area (Å²) in [6.07, 6.45) is 0. The predicted molar refractivity (Wildman–Crippen MR) is 254 cm³/mol. The molecule has 0 aliphatic carbocycles. The van der Waals surface area contributed by atoms with Gasteiger partial charge in [-0.05, 0) is 145 Å². The summed E-state index contributed by atoms with van der Waals surface area (Å²) in [4.78, 5) is 7.26. The first-order valence-corrected chi connectivity index (χ1v) is 21.5. The van der Waals surface area contributed by atoms with Crippen LogP contribution in [-0.2, 0) is 0 Å². The predicted octanol–water partition coefficient (Wildman–Crippen LogP) is 16.8. The average Bonchev–Trinajstić information content (AvgIpc) is 3.94. The summed E-state index contributed by atoms with van der Waals surface area (Å²) >= 11 is 3.69. The van der Waals surface area contributed by atoms with Crippen LogP contribution >= 0.6 is 22.7 Å². The Morgan fingerprint density at radius 1 is 0.293 bits per heavy atom. The molecule has 0 saturated heterocycles. The molecule has 8 aromatic carbocycles. The number of aryl methyl sites for hydroxylation is 4. The molecule has 2 heterocycles. The Morgan fingerprint density at radius 3 is 0.897 bits per heavy atom. The maximum atomic E-state index is 2.44. The zero-order valence-corrected chi connectivity index (χ0v) is 34.7. The van der Waals surface area contributed by atoms with Gasteiger partial charge in [-0.15, -0.1) is 22.7 Å². The van der Waals surface area contributed by atoms with Gasteiger partial charge in [-0.3, -0.25) is 0 Å². The van der Waals surface area contributed by atoms with Crippen molar-refractivity contribution < 1.29 is 0 Å². The third-order valence-electron chi connectivity index (χ3n) is 11.2. The number of hydrogen-bond donors (Lipinski definition) is 0. The first-order valence-electron chi connectivity index (χ1n) is 19.8. The van der Waals surface area contributed by atoms with Gasteiger partial charge in [0.05, 0.1) is 0 Å². The highest BCUT2D eigenvalue weighted by molar-refractivity contribution is 7.20. The van der Waals surface area contributed by atoms with Crippen molar-refractivity contribution in [3.63, 3.8) is 0 Å². The van der Waals surface area contributed by atoms with E-state index in [1.165, 1.54) is 85.5 Å². The van der Waals surface area contributed by atoms with Crippen molar-refractivity contribution in [3.8, 4) is 20.9 Å². The van der Waals surface area contributed by atoms with E-state index in [0.717, 1.165) is 22.7 Å². The Kier molecular flexibility index (Phi) is 9.17. The second-order valence-electron chi connectivity index (χ2n) is 15.3. The minimum absolute atomic E-state index is 1.15. The largest absolute Gasteiger partial charge is 0.302 e. The molecule has 0 unspecified atom stereocenters. The van der Waals surface area contributed by atoms with Crippen LogP contribution in [0.5, 0.6) is 0 Å². The average molecular weight is 783 g/mol. The standard InChI is InChI=1S/C54H42N2S2/c1-35-13-21-39(22-14-35)55(40-23-15-36(2)16-24-40)53-31-29-51(57-53)49-33-47-44-10-6-8-12-46(44)50(34-48(47)43-9-5-7-11-45(43)49)52-30-32-54(58-52)56(41-25-17-37(3)18-26-41)42-27-19-38(4)20-28-42/h5-34H,1-4H3. The van der Waals surface area contributed by atoms with E-state index in [9.17, 15) is 0 Å². The zero-order valence-electron chi connectivity index (χ0n) is 33.0. The molecule has 4 heteroatoms. The second kappa shape index (κ2) is 14.8. The van der Waals surface area contributed by atoms with Gasteiger partial charge in [0.1, 0.15) is 10.0 Å². The fourth-order valence-corrected chi connectivity index (χ4v) is 10.3. The van der Waals surface area contributed by atoms with Crippen molar-refractivity contribution in [1.29, 1.82) is 0 Å². The van der Waals surface area contributed by atoms with Gasteiger partial charge in [-0.25, -0.2) is 0 Å². The molecule has 0 saturated carbocycles. The third kappa shape index (κ3) is 6.55. The lowest BCUT2D eigenvalue weighted by atomic mass is 9.90. The van der Waals surface area contributed by atoms with Crippen molar-refractivity contribution in [3.05, 3.63) is 204 Å². The van der Waals surface area contributed by atoms with Crippen LogP contribution in [0.4, 0.5) is 32.8 Å². The number of anilines is 6. The zero-order chi connectivity index (χ0) is 39.3. The summed E-state index contributed by atoms with van der Waals surface area (Å²) in [7, 11) is 0. The number of benzene rings is 8. The maximum Gasteiger partial charge on any atom is 0.101 e. The smallest absolute Gasteiger partial charge is 0.101 e. The van der Waals surface area contributed by atoms with Gasteiger partial charge in [-0.2, -0.15) is 0 Å². The van der Waals surface area contributed by atoms with E-state index in [0.29, 0.717) is 0 Å². The van der Waals surface area contributed by atoms with Gasteiger partial charge in [0, 0.05) is 43.6 Å². The van der Waals surface area contributed by atoms with Crippen LogP contribution < -0.4 is 9.80 Å². The van der Waals surface area contributed by atoms with Crippen molar-refractivity contribution in [2.24, 2.45) is 0 Å². The SMILES string of the molecule is Cc1ccc(N(c2ccc(C)cc2)c2ccc(-c3cc4c5ccccc5c(-c5ccc(N(c6ccc(C)cc6)c6ccc(C)cc6)s5)cc4c4ccccc34)s2)cc1. The molecule has 10 aromatic rings. The quantitative estimate of drug-likeness (QED) is 0.142. The molecule has 0 N–H and O–H groups in total. The molecule has 280 valence electrons. The minimum atomic E-state index is 1.15. The Balaban J connectivity index is 1.12. The van der Waals surface area contributed by atoms with E-state index < -0.39 is 0 Å². The van der Waals surface area contributed by atoms with E-state index in [2.05, 4.69) is 219 Å². The van der Waals surface area contributed by atoms with Crippen LogP contribution in [0, 0.1) is 27.7 Å². The van der Waals surface area contributed by atoms with Crippen LogP contribution in [0.1, 0.15) is 22.3 Å². The monoisotopic (exact) mass is 782 g/mol. The number of hydrogen-bond acceptors (Lipinski definition) is 4. The molecule has 0 aliphatic heterocycles. The van der Waals surface area contributed by atoms with Crippen molar-refractivity contribution in [2.75, 3.05) is 9.80 Å². The van der Waals surface area contributed by atoms with E-state index >= 15 is 0 Å². The summed E-state index contributed by atoms with van der Waals surface area (Å²) in [6, 6.07) is 67.3. The molecule has 2 nitrogen and oxygen atoms in total. The molecule has 0 bridgehead atoms. The molecule has 58 heavy (non-hydrogen) atoms. The lowest BCUT2D eigenvalue weighted by Gasteiger charge is -2.24. The van der Waals surface area contributed by atoms with Crippen LogP contribution in [0.2, 0.25) is 0 Å². The molecule has 10 rings (SSSR count). The summed E-state index contributed by atoms with van der Waals surface area (Å²) in [5.41, 5.74) is 12.2. The molecule has 0 radical (unpaired) electrons. The molecule has 0 amide bonds. The number of thiophene rings is 2. The first-order chi connectivity index (χ1) is 28.4. The van der Waals surface area contributed by atoms with Crippen LogP contribution in [0.15, 0.2) is 182 Å². The van der Waals surface area contributed by atoms with E-state index in [1.807, 2.05) is 22.7 Å². The second-order valence-corrected chi connectivity index (χ2v) is 17.4. The molecule has 0 atom stereocenters. The maximum absolute atomic E-state index is 2.44. The van der Waals surface area contributed by atoms with Gasteiger partial charge in [0.15, 0.2) is 0 Å². The number of rotatable bonds is 8. The molecule has 0 fully saturated rings. The van der Waals surface area contributed by atoms with Crippen molar-refractivity contribution in [1.82, 2.24) is 0 Å². The van der Waals surface area contributed by atoms with Crippen molar-refractivity contribution in [2.45, 2.75) is 27.7 Å². The summed E-state index contributed by atoms with van der Waals surface area (Å²) in [6.45, 7) is 8.58. The van der Waals surface area contributed by atoms with E-state index in [1.54, 1.807) is 0 Å². The summed E-state index contributed by atoms with van der Waals surface area (Å²) in [5.74, 6) is 0. The molecular weight excluding hydrogens is 741 g/mol. The minimum Gasteiger partial charge on any atom is -0.302 e. The molecule has 0 spiro atoms. The summed E-state index contributed by atoms with van der Waals surface area (Å²) < 4.78 is 0. The van der Waals surface area contributed by atoms with Crippen molar-refractivity contribution >= 4 is 87.7 Å². The van der Waals surface area contributed by atoms with Crippen LogP contribution in [0.25, 0.3) is 53.2 Å². The highest BCUT2D eigenvalue weighted by Gasteiger charge is 2.21. The lowest BCUT2D eigenvalue weighted by Crippen LogP contribution is -2.08. The third-order valence-corrected chi connectivity index (χ3v) is 13.4. The van der Waals surface area contributed by atoms with Crippen LogP contribution in [0.3, 0.4) is 0 Å². The highest BCUT2D eigenvalue weighted by atomic mass is 32.1. The normalized spacial score (nSPS) is 11.4. The van der Waals surface area contributed by atoms with Gasteiger partial charge < -0.3 is 9.80 Å². The molecule has 0 aliphatic rings. The first kappa shape index (κ1) is 35.9. The van der Waals surface area contributed by atoms with Gasteiger partial charge in [0.2, 0.25) is 0 Å². The van der Waals surface area contributed by atoms with E-state index in [4.69, 9.17) is 0 Å². The Morgan fingerprint density at radius 2 is 0.586 bits per heavy atom. The van der Waals surface area contributed by atoms with Gasteiger partial charge in [0.25, 0.3) is 0 Å². The van der Waals surface area contributed by atoms with Gasteiger partial charge >= 0.3 is 0 Å². The Hall–Kier alpha value is -6.46. The number of fused-ring (bicyclic) bond motifs is 5. The van der Waals surface area contributed by atoms with Gasteiger partial charge in [-0.1, -0.05) is 119 Å². The summed E-state index contributed by atoms with van der Waals surface area (Å²) in [5, 5.41) is 9.98. The molecular formula is C54H42N2S2. The fraction of sp³-hybridized carbons (Fsp3) is 0.0741. The van der Waals surface area contributed by atoms with Crippen LogP contribution in [-0.4, -0.2) is 0 Å². The fourth-order valence-electron chi connectivity index (χ4n) is 8.13. The Labute approximate surface area is 348 Å². The topological polar surface area (TPSA) is 6.48 Å². The Bertz CT molecular complexity index is 2780. The lowest BCUT2D eigenvalue weighted by molar-refractivity contribution is 1.29. The molecule has 2 aromatic heterocycles.